The number of hydrogen-bond acceptors (Lipinski definition) is 4. The van der Waals surface area contributed by atoms with Gasteiger partial charge in [0.2, 0.25) is 0 Å². The van der Waals surface area contributed by atoms with Gasteiger partial charge >= 0.3 is 6.18 Å². The normalized spacial score (nSPS) is 14.2. The van der Waals surface area contributed by atoms with Crippen LogP contribution in [0.15, 0.2) is 18.2 Å². The van der Waals surface area contributed by atoms with E-state index in [1.165, 1.54) is 24.1 Å². The van der Waals surface area contributed by atoms with E-state index >= 15 is 0 Å². The molecule has 1 aromatic rings. The third-order valence-corrected chi connectivity index (χ3v) is 3.68. The van der Waals surface area contributed by atoms with Crippen LogP contribution in [-0.2, 0) is 16.0 Å². The third-order valence-electron chi connectivity index (χ3n) is 2.59. The van der Waals surface area contributed by atoms with Gasteiger partial charge in [-0.1, -0.05) is 6.07 Å². The molecule has 1 aromatic heterocycles. The SMILES string of the molecule is C[C@@H](CS(C)(=O)=O)N(C)c1cccc(C(F)(F)F)n1. The van der Waals surface area contributed by atoms with E-state index in [-0.39, 0.29) is 11.6 Å². The van der Waals surface area contributed by atoms with Crippen molar-refractivity contribution in [1.82, 2.24) is 4.98 Å². The summed E-state index contributed by atoms with van der Waals surface area (Å²) in [4.78, 5) is 4.91. The lowest BCUT2D eigenvalue weighted by atomic mass is 10.3. The summed E-state index contributed by atoms with van der Waals surface area (Å²) >= 11 is 0. The Balaban J connectivity index is 2.97. The van der Waals surface area contributed by atoms with E-state index in [9.17, 15) is 21.6 Å². The maximum absolute atomic E-state index is 12.5. The molecule has 0 aliphatic heterocycles. The molecule has 0 aliphatic rings. The highest BCUT2D eigenvalue weighted by Crippen LogP contribution is 2.28. The Kier molecular flexibility index (Phi) is 4.44. The second-order valence-electron chi connectivity index (χ2n) is 4.43. The van der Waals surface area contributed by atoms with Gasteiger partial charge in [-0.05, 0) is 19.1 Å². The van der Waals surface area contributed by atoms with Crippen LogP contribution in [-0.4, -0.2) is 38.5 Å². The molecule has 0 saturated heterocycles. The fourth-order valence-corrected chi connectivity index (χ4v) is 2.65. The quantitative estimate of drug-likeness (QED) is 0.852. The van der Waals surface area contributed by atoms with Crippen molar-refractivity contribution in [3.05, 3.63) is 23.9 Å². The van der Waals surface area contributed by atoms with E-state index in [0.717, 1.165) is 12.3 Å². The molecule has 0 unspecified atom stereocenters. The zero-order chi connectivity index (χ0) is 14.8. The van der Waals surface area contributed by atoms with Crippen molar-refractivity contribution in [1.29, 1.82) is 0 Å². The molecule has 0 aromatic carbocycles. The fourth-order valence-electron chi connectivity index (χ4n) is 1.55. The third kappa shape index (κ3) is 4.70. The highest BCUT2D eigenvalue weighted by Gasteiger charge is 2.33. The smallest absolute Gasteiger partial charge is 0.356 e. The van der Waals surface area contributed by atoms with Crippen molar-refractivity contribution in [3.63, 3.8) is 0 Å². The number of rotatable bonds is 4. The van der Waals surface area contributed by atoms with Gasteiger partial charge in [0.1, 0.15) is 21.3 Å². The van der Waals surface area contributed by atoms with Crippen molar-refractivity contribution in [3.8, 4) is 0 Å². The molecule has 8 heteroatoms. The van der Waals surface area contributed by atoms with E-state index in [4.69, 9.17) is 0 Å². The molecule has 0 amide bonds. The summed E-state index contributed by atoms with van der Waals surface area (Å²) < 4.78 is 59.9. The number of hydrogen-bond donors (Lipinski definition) is 0. The van der Waals surface area contributed by atoms with Crippen molar-refractivity contribution in [2.75, 3.05) is 24.0 Å². The largest absolute Gasteiger partial charge is 0.433 e. The lowest BCUT2D eigenvalue weighted by Gasteiger charge is -2.25. The van der Waals surface area contributed by atoms with Crippen LogP contribution in [0.3, 0.4) is 0 Å². The van der Waals surface area contributed by atoms with Gasteiger partial charge in [0, 0.05) is 19.3 Å². The first-order valence-corrected chi connectivity index (χ1v) is 7.51. The van der Waals surface area contributed by atoms with Gasteiger partial charge < -0.3 is 4.90 Å². The Morgan fingerprint density at radius 3 is 2.42 bits per heavy atom. The predicted molar refractivity (Wildman–Crippen MR) is 66.8 cm³/mol. The van der Waals surface area contributed by atoms with Gasteiger partial charge in [0.25, 0.3) is 0 Å². The topological polar surface area (TPSA) is 50.3 Å². The van der Waals surface area contributed by atoms with Crippen LogP contribution >= 0.6 is 0 Å². The summed E-state index contributed by atoms with van der Waals surface area (Å²) in [5, 5.41) is 0. The number of anilines is 1. The summed E-state index contributed by atoms with van der Waals surface area (Å²) in [6.45, 7) is 1.61. The monoisotopic (exact) mass is 296 g/mol. The van der Waals surface area contributed by atoms with Crippen molar-refractivity contribution in [2.45, 2.75) is 19.1 Å². The molecule has 108 valence electrons. The molecule has 0 aliphatic carbocycles. The van der Waals surface area contributed by atoms with E-state index in [1.807, 2.05) is 0 Å². The molecule has 1 heterocycles. The van der Waals surface area contributed by atoms with Crippen LogP contribution in [0.4, 0.5) is 19.0 Å². The predicted octanol–water partition coefficient (Wildman–Crippen LogP) is 1.97. The van der Waals surface area contributed by atoms with Crippen molar-refractivity contribution in [2.24, 2.45) is 0 Å². The number of alkyl halides is 3. The molecule has 0 spiro atoms. The van der Waals surface area contributed by atoms with E-state index in [2.05, 4.69) is 4.98 Å². The summed E-state index contributed by atoms with van der Waals surface area (Å²) in [5.41, 5.74) is -0.997. The fraction of sp³-hybridized carbons (Fsp3) is 0.545. The van der Waals surface area contributed by atoms with Crippen LogP contribution in [0.1, 0.15) is 12.6 Å². The van der Waals surface area contributed by atoms with Gasteiger partial charge in [0.05, 0.1) is 5.75 Å². The molecule has 4 nitrogen and oxygen atoms in total. The maximum atomic E-state index is 12.5. The summed E-state index contributed by atoms with van der Waals surface area (Å²) in [6, 6.07) is 3.06. The standard InChI is InChI=1S/C11H15F3N2O2S/c1-8(7-19(3,17)18)16(2)10-6-4-5-9(15-10)11(12,13)14/h4-6,8H,7H2,1-3H3/t8-/m0/s1. The summed E-state index contributed by atoms with van der Waals surface area (Å²) in [7, 11) is -1.69. The zero-order valence-electron chi connectivity index (χ0n) is 10.8. The van der Waals surface area contributed by atoms with Gasteiger partial charge in [-0.15, -0.1) is 0 Å². The minimum atomic E-state index is -4.52. The molecule has 0 fully saturated rings. The number of halogens is 3. The van der Waals surface area contributed by atoms with Gasteiger partial charge in [-0.3, -0.25) is 0 Å². The van der Waals surface area contributed by atoms with Gasteiger partial charge in [-0.25, -0.2) is 13.4 Å². The Labute approximate surface area is 110 Å². The second kappa shape index (κ2) is 5.36. The Morgan fingerprint density at radius 2 is 1.95 bits per heavy atom. The maximum Gasteiger partial charge on any atom is 0.433 e. The average Bonchev–Trinajstić information content (AvgIpc) is 2.24. The Bertz CT molecular complexity index is 543. The molecule has 0 N–H and O–H groups in total. The highest BCUT2D eigenvalue weighted by molar-refractivity contribution is 7.90. The minimum absolute atomic E-state index is 0.0889. The van der Waals surface area contributed by atoms with E-state index in [1.54, 1.807) is 6.92 Å². The molecule has 0 radical (unpaired) electrons. The summed E-state index contributed by atoms with van der Waals surface area (Å²) in [6.07, 6.45) is -3.44. The first kappa shape index (κ1) is 15.7. The number of sulfone groups is 1. The number of pyridine rings is 1. The number of nitrogens with zero attached hydrogens (tertiary/aromatic N) is 2. The molecule has 0 saturated carbocycles. The Morgan fingerprint density at radius 1 is 1.37 bits per heavy atom. The van der Waals surface area contributed by atoms with Crippen LogP contribution in [0.2, 0.25) is 0 Å². The lowest BCUT2D eigenvalue weighted by Crippen LogP contribution is -2.35. The molecular weight excluding hydrogens is 281 g/mol. The molecule has 1 rings (SSSR count). The first-order valence-electron chi connectivity index (χ1n) is 5.45. The molecule has 0 bridgehead atoms. The van der Waals surface area contributed by atoms with Crippen molar-refractivity contribution >= 4 is 15.7 Å². The molecule has 19 heavy (non-hydrogen) atoms. The Hall–Kier alpha value is -1.31. The first-order chi connectivity index (χ1) is 8.50. The van der Waals surface area contributed by atoms with E-state index < -0.39 is 27.7 Å². The van der Waals surface area contributed by atoms with Gasteiger partial charge in [0.15, 0.2) is 0 Å². The van der Waals surface area contributed by atoms with Crippen LogP contribution < -0.4 is 4.90 Å². The molecular formula is C11H15F3N2O2S. The van der Waals surface area contributed by atoms with Crippen LogP contribution in [0, 0.1) is 0 Å². The van der Waals surface area contributed by atoms with E-state index in [0.29, 0.717) is 0 Å². The average molecular weight is 296 g/mol. The lowest BCUT2D eigenvalue weighted by molar-refractivity contribution is -0.141. The summed E-state index contributed by atoms with van der Waals surface area (Å²) in [5.74, 6) is -0.0625. The van der Waals surface area contributed by atoms with Crippen LogP contribution in [0.5, 0.6) is 0 Å². The van der Waals surface area contributed by atoms with Crippen molar-refractivity contribution < 1.29 is 21.6 Å². The molecule has 1 atom stereocenters. The highest BCUT2D eigenvalue weighted by atomic mass is 32.2. The number of aromatic nitrogens is 1. The zero-order valence-corrected chi connectivity index (χ0v) is 11.6. The van der Waals surface area contributed by atoms with Crippen LogP contribution in [0.25, 0.3) is 0 Å². The minimum Gasteiger partial charge on any atom is -0.356 e. The second-order valence-corrected chi connectivity index (χ2v) is 6.62. The van der Waals surface area contributed by atoms with Gasteiger partial charge in [-0.2, -0.15) is 13.2 Å².